The Hall–Kier alpha value is -0.760. The lowest BCUT2D eigenvalue weighted by Gasteiger charge is -2.16. The van der Waals surface area contributed by atoms with E-state index in [9.17, 15) is 8.42 Å². The fourth-order valence-electron chi connectivity index (χ4n) is 1.69. The largest absolute Gasteiger partial charge is 0.497 e. The molecule has 7 heteroatoms. The van der Waals surface area contributed by atoms with E-state index in [4.69, 9.17) is 9.88 Å². The molecule has 17 heavy (non-hydrogen) atoms. The molecule has 1 aromatic carbocycles. The smallest absolute Gasteiger partial charge is 0.277 e. The van der Waals surface area contributed by atoms with Crippen LogP contribution in [0.1, 0.15) is 5.56 Å². The predicted octanol–water partition coefficient (Wildman–Crippen LogP) is 0.806. The molecule has 0 radical (unpaired) electrons. The van der Waals surface area contributed by atoms with Gasteiger partial charge in [-0.2, -0.15) is 12.7 Å². The van der Waals surface area contributed by atoms with E-state index in [1.165, 1.54) is 4.31 Å². The topological polar surface area (TPSA) is 72.6 Å². The number of nitrogens with two attached hydrogens (primary N) is 1. The minimum Gasteiger partial charge on any atom is -0.497 e. The van der Waals surface area contributed by atoms with Gasteiger partial charge in [-0.05, 0) is 23.8 Å². The number of rotatable bonds is 2. The third-order valence-corrected chi connectivity index (χ3v) is 4.70. The van der Waals surface area contributed by atoms with E-state index in [0.29, 0.717) is 18.8 Å². The number of thioether (sulfide) groups is 1. The molecule has 0 bridgehead atoms. The Morgan fingerprint density at radius 1 is 1.47 bits per heavy atom. The van der Waals surface area contributed by atoms with Gasteiger partial charge < -0.3 is 4.74 Å². The van der Waals surface area contributed by atoms with Gasteiger partial charge in [-0.1, -0.05) is 0 Å². The monoisotopic (exact) mass is 274 g/mol. The lowest BCUT2D eigenvalue weighted by molar-refractivity contribution is 0.408. The van der Waals surface area contributed by atoms with Gasteiger partial charge in [0.05, 0.1) is 7.11 Å². The normalized spacial score (nSPS) is 17.3. The van der Waals surface area contributed by atoms with Gasteiger partial charge in [0.25, 0.3) is 10.2 Å². The van der Waals surface area contributed by atoms with Crippen LogP contribution in [-0.4, -0.2) is 32.1 Å². The molecule has 1 heterocycles. The third-order valence-electron chi connectivity index (χ3n) is 2.57. The summed E-state index contributed by atoms with van der Waals surface area (Å²) in [5.41, 5.74) is 0.931. The number of benzene rings is 1. The Morgan fingerprint density at radius 3 is 2.88 bits per heavy atom. The molecule has 0 amide bonds. The number of nitrogens with zero attached hydrogens (tertiary/aromatic N) is 1. The van der Waals surface area contributed by atoms with Crippen LogP contribution in [0.5, 0.6) is 5.75 Å². The first kappa shape index (κ1) is 12.7. The molecule has 1 aliphatic rings. The van der Waals surface area contributed by atoms with Crippen LogP contribution in [0.3, 0.4) is 0 Å². The highest BCUT2D eigenvalue weighted by atomic mass is 32.2. The van der Waals surface area contributed by atoms with Crippen LogP contribution in [-0.2, 0) is 16.8 Å². The molecule has 94 valence electrons. The summed E-state index contributed by atoms with van der Waals surface area (Å²) in [4.78, 5) is 1.08. The predicted molar refractivity (Wildman–Crippen MR) is 67.2 cm³/mol. The van der Waals surface area contributed by atoms with E-state index in [1.807, 2.05) is 18.2 Å². The molecule has 0 aromatic heterocycles. The van der Waals surface area contributed by atoms with Crippen molar-refractivity contribution < 1.29 is 13.2 Å². The van der Waals surface area contributed by atoms with Crippen LogP contribution in [0.15, 0.2) is 23.1 Å². The van der Waals surface area contributed by atoms with Crippen molar-refractivity contribution in [3.05, 3.63) is 23.8 Å². The van der Waals surface area contributed by atoms with Crippen LogP contribution in [0.4, 0.5) is 0 Å². The Bertz CT molecular complexity index is 516. The molecule has 0 fully saturated rings. The van der Waals surface area contributed by atoms with Crippen molar-refractivity contribution in [3.63, 3.8) is 0 Å². The fraction of sp³-hybridized carbons (Fsp3) is 0.400. The maximum atomic E-state index is 11.4. The molecule has 0 atom stereocenters. The van der Waals surface area contributed by atoms with Gasteiger partial charge in [-0.3, -0.25) is 0 Å². The zero-order valence-corrected chi connectivity index (χ0v) is 11.1. The number of hydrogen-bond acceptors (Lipinski definition) is 4. The zero-order chi connectivity index (χ0) is 12.5. The zero-order valence-electron chi connectivity index (χ0n) is 9.42. The van der Waals surface area contributed by atoms with Gasteiger partial charge in [-0.15, -0.1) is 11.8 Å². The second-order valence-corrected chi connectivity index (χ2v) is 6.38. The van der Waals surface area contributed by atoms with Gasteiger partial charge in [0, 0.05) is 23.7 Å². The van der Waals surface area contributed by atoms with Crippen molar-refractivity contribution in [2.45, 2.75) is 11.4 Å². The summed E-state index contributed by atoms with van der Waals surface area (Å²) in [7, 11) is -2.05. The molecule has 0 spiro atoms. The first-order valence-electron chi connectivity index (χ1n) is 5.08. The van der Waals surface area contributed by atoms with E-state index in [0.717, 1.165) is 16.2 Å². The van der Waals surface area contributed by atoms with Crippen LogP contribution in [0.25, 0.3) is 0 Å². The third kappa shape index (κ3) is 2.92. The molecule has 0 saturated heterocycles. The molecule has 0 saturated carbocycles. The highest BCUT2D eigenvalue weighted by Crippen LogP contribution is 2.30. The second kappa shape index (κ2) is 4.85. The molecular weight excluding hydrogens is 260 g/mol. The summed E-state index contributed by atoms with van der Waals surface area (Å²) in [5, 5.41) is 5.16. The minimum absolute atomic E-state index is 0.304. The van der Waals surface area contributed by atoms with Crippen LogP contribution >= 0.6 is 11.8 Å². The molecule has 5 nitrogen and oxygen atoms in total. The van der Waals surface area contributed by atoms with Crippen molar-refractivity contribution >= 4 is 22.0 Å². The summed E-state index contributed by atoms with van der Waals surface area (Å²) >= 11 is 1.63. The summed E-state index contributed by atoms with van der Waals surface area (Å²) in [6.07, 6.45) is 0. The summed E-state index contributed by atoms with van der Waals surface area (Å²) in [6, 6.07) is 5.68. The highest BCUT2D eigenvalue weighted by Gasteiger charge is 2.22. The van der Waals surface area contributed by atoms with Crippen molar-refractivity contribution in [2.24, 2.45) is 5.14 Å². The Labute approximate surface area is 105 Å². The quantitative estimate of drug-likeness (QED) is 0.866. The van der Waals surface area contributed by atoms with E-state index in [-0.39, 0.29) is 0 Å². The second-order valence-electron chi connectivity index (χ2n) is 3.70. The van der Waals surface area contributed by atoms with Crippen LogP contribution < -0.4 is 9.88 Å². The van der Waals surface area contributed by atoms with Crippen molar-refractivity contribution in [1.29, 1.82) is 0 Å². The Balaban J connectivity index is 2.35. The summed E-state index contributed by atoms with van der Waals surface area (Å²) in [6.45, 7) is 0.735. The van der Waals surface area contributed by atoms with Crippen molar-refractivity contribution in [2.75, 3.05) is 19.4 Å². The summed E-state index contributed by atoms with van der Waals surface area (Å²) in [5.74, 6) is 1.43. The first-order valence-corrected chi connectivity index (χ1v) is 7.57. The maximum absolute atomic E-state index is 11.4. The van der Waals surface area contributed by atoms with E-state index >= 15 is 0 Å². The fourth-order valence-corrected chi connectivity index (χ4v) is 3.48. The lowest BCUT2D eigenvalue weighted by Crippen LogP contribution is -2.36. The SMILES string of the molecule is COc1ccc2c(c1)CN(S(N)(=O)=O)CCS2. The highest BCUT2D eigenvalue weighted by molar-refractivity contribution is 7.99. The molecule has 2 N–H and O–H groups in total. The number of hydrogen-bond donors (Lipinski definition) is 1. The molecule has 2 rings (SSSR count). The number of ether oxygens (including phenoxy) is 1. The van der Waals surface area contributed by atoms with E-state index in [2.05, 4.69) is 0 Å². The Morgan fingerprint density at radius 2 is 2.24 bits per heavy atom. The van der Waals surface area contributed by atoms with Gasteiger partial charge in [0.15, 0.2) is 0 Å². The molecule has 0 aliphatic carbocycles. The molecule has 1 aliphatic heterocycles. The van der Waals surface area contributed by atoms with Crippen LogP contribution in [0, 0.1) is 0 Å². The van der Waals surface area contributed by atoms with E-state index < -0.39 is 10.2 Å². The molecular formula is C10H14N2O3S2. The van der Waals surface area contributed by atoms with Crippen LogP contribution in [0.2, 0.25) is 0 Å². The lowest BCUT2D eigenvalue weighted by atomic mass is 10.2. The van der Waals surface area contributed by atoms with E-state index in [1.54, 1.807) is 18.9 Å². The average molecular weight is 274 g/mol. The standard InChI is InChI=1S/C10H14N2O3S2/c1-15-9-2-3-10-8(6-9)7-12(4-5-16-10)17(11,13)14/h2-3,6H,4-5,7H2,1H3,(H2,11,13,14). The van der Waals surface area contributed by atoms with Gasteiger partial charge in [-0.25, -0.2) is 5.14 Å². The first-order chi connectivity index (χ1) is 8.00. The van der Waals surface area contributed by atoms with Gasteiger partial charge >= 0.3 is 0 Å². The van der Waals surface area contributed by atoms with Gasteiger partial charge in [0.2, 0.25) is 0 Å². The Kier molecular flexibility index (Phi) is 3.62. The molecule has 0 unspecified atom stereocenters. The number of methoxy groups -OCH3 is 1. The van der Waals surface area contributed by atoms with Crippen molar-refractivity contribution in [1.82, 2.24) is 4.31 Å². The average Bonchev–Trinajstić information content (AvgIpc) is 2.49. The minimum atomic E-state index is -3.63. The summed E-state index contributed by atoms with van der Waals surface area (Å²) < 4.78 is 29.1. The maximum Gasteiger partial charge on any atom is 0.277 e. The number of fused-ring (bicyclic) bond motifs is 1. The van der Waals surface area contributed by atoms with Crippen molar-refractivity contribution in [3.8, 4) is 5.75 Å². The van der Waals surface area contributed by atoms with Gasteiger partial charge in [0.1, 0.15) is 5.75 Å². The molecule has 1 aromatic rings.